The van der Waals surface area contributed by atoms with Crippen LogP contribution in [0.2, 0.25) is 5.02 Å². The second kappa shape index (κ2) is 8.09. The summed E-state index contributed by atoms with van der Waals surface area (Å²) >= 11 is 5.90. The number of benzene rings is 1. The van der Waals surface area contributed by atoms with Crippen molar-refractivity contribution in [1.29, 1.82) is 0 Å². The van der Waals surface area contributed by atoms with Gasteiger partial charge in [-0.2, -0.15) is 10.2 Å². The molecule has 2 aromatic heterocycles. The molecule has 28 heavy (non-hydrogen) atoms. The van der Waals surface area contributed by atoms with E-state index >= 15 is 0 Å². The fourth-order valence-corrected chi connectivity index (χ4v) is 2.82. The Labute approximate surface area is 164 Å². The number of anilines is 1. The van der Waals surface area contributed by atoms with Crippen LogP contribution < -0.4 is 10.1 Å². The van der Waals surface area contributed by atoms with Crippen LogP contribution in [-0.4, -0.2) is 30.4 Å². The third-order valence-corrected chi connectivity index (χ3v) is 4.13. The van der Waals surface area contributed by atoms with E-state index in [1.807, 2.05) is 0 Å². The number of carbonyl (C=O) groups is 1. The first kappa shape index (κ1) is 19.4. The van der Waals surface area contributed by atoms with Crippen molar-refractivity contribution in [1.82, 2.24) is 19.6 Å². The zero-order valence-electron chi connectivity index (χ0n) is 15.1. The molecular weight excluding hydrogens is 388 g/mol. The molecule has 0 spiro atoms. The van der Waals surface area contributed by atoms with Crippen molar-refractivity contribution in [3.05, 3.63) is 63.2 Å². The van der Waals surface area contributed by atoms with Gasteiger partial charge in [0.25, 0.3) is 0 Å². The molecule has 0 atom stereocenters. The Bertz CT molecular complexity index is 1030. The van der Waals surface area contributed by atoms with Crippen molar-refractivity contribution in [2.24, 2.45) is 0 Å². The molecule has 0 saturated heterocycles. The maximum absolute atomic E-state index is 12.2. The molecule has 0 radical (unpaired) electrons. The molecular formula is C17H17ClN6O4. The average molecular weight is 405 g/mol. The summed E-state index contributed by atoms with van der Waals surface area (Å²) in [6.07, 6.45) is 3.08. The van der Waals surface area contributed by atoms with E-state index in [1.54, 1.807) is 37.4 Å². The molecule has 3 aromatic rings. The van der Waals surface area contributed by atoms with Gasteiger partial charge in [-0.3, -0.25) is 19.6 Å². The van der Waals surface area contributed by atoms with Crippen LogP contribution in [0.5, 0.6) is 5.75 Å². The Morgan fingerprint density at radius 1 is 1.39 bits per heavy atom. The highest BCUT2D eigenvalue weighted by Gasteiger charge is 2.22. The lowest BCUT2D eigenvalue weighted by Gasteiger charge is -2.06. The summed E-state index contributed by atoms with van der Waals surface area (Å²) in [5.41, 5.74) is 0.971. The van der Waals surface area contributed by atoms with Gasteiger partial charge in [-0.05, 0) is 32.0 Å². The average Bonchev–Trinajstić information content (AvgIpc) is 3.17. The fraction of sp³-hybridized carbons (Fsp3) is 0.235. The lowest BCUT2D eigenvalue weighted by atomic mass is 10.3. The summed E-state index contributed by atoms with van der Waals surface area (Å²) in [4.78, 5) is 22.8. The van der Waals surface area contributed by atoms with Crippen molar-refractivity contribution >= 4 is 28.9 Å². The van der Waals surface area contributed by atoms with Crippen LogP contribution in [0.25, 0.3) is 0 Å². The highest BCUT2D eigenvalue weighted by Crippen LogP contribution is 2.22. The van der Waals surface area contributed by atoms with Gasteiger partial charge in [-0.25, -0.2) is 4.68 Å². The van der Waals surface area contributed by atoms with Crippen molar-refractivity contribution < 1.29 is 14.5 Å². The highest BCUT2D eigenvalue weighted by atomic mass is 35.5. The molecule has 1 N–H and O–H groups in total. The first-order valence-corrected chi connectivity index (χ1v) is 8.60. The zero-order valence-corrected chi connectivity index (χ0v) is 15.9. The lowest BCUT2D eigenvalue weighted by molar-refractivity contribution is -0.386. The number of ether oxygens (including phenoxy) is 1. The molecule has 0 bridgehead atoms. The molecule has 0 aliphatic rings. The van der Waals surface area contributed by atoms with E-state index in [-0.39, 0.29) is 30.6 Å². The van der Waals surface area contributed by atoms with Gasteiger partial charge >= 0.3 is 5.69 Å². The predicted molar refractivity (Wildman–Crippen MR) is 101 cm³/mol. The van der Waals surface area contributed by atoms with Crippen molar-refractivity contribution in [2.45, 2.75) is 27.1 Å². The van der Waals surface area contributed by atoms with Crippen LogP contribution in [0.4, 0.5) is 11.4 Å². The molecule has 0 fully saturated rings. The normalized spacial score (nSPS) is 10.7. The zero-order chi connectivity index (χ0) is 20.3. The minimum atomic E-state index is -0.504. The molecule has 3 rings (SSSR count). The number of aromatic nitrogens is 4. The van der Waals surface area contributed by atoms with Gasteiger partial charge in [-0.1, -0.05) is 17.7 Å². The summed E-state index contributed by atoms with van der Waals surface area (Å²) in [5.74, 6) is 0.218. The number of rotatable bonds is 7. The molecule has 10 nitrogen and oxygen atoms in total. The largest absolute Gasteiger partial charge is 0.471 e. The Morgan fingerprint density at radius 3 is 2.86 bits per heavy atom. The van der Waals surface area contributed by atoms with Crippen molar-refractivity contribution in [2.75, 3.05) is 5.32 Å². The molecule has 1 aromatic carbocycles. The molecule has 0 aliphatic carbocycles. The second-order valence-corrected chi connectivity index (χ2v) is 6.42. The van der Waals surface area contributed by atoms with Crippen LogP contribution in [0.15, 0.2) is 36.7 Å². The van der Waals surface area contributed by atoms with E-state index in [9.17, 15) is 14.9 Å². The van der Waals surface area contributed by atoms with Crippen LogP contribution in [-0.2, 0) is 18.1 Å². The van der Waals surface area contributed by atoms with Crippen molar-refractivity contribution in [3.63, 3.8) is 0 Å². The Kier molecular flexibility index (Phi) is 5.59. The molecule has 2 heterocycles. The number of carbonyl (C=O) groups excluding carboxylic acids is 1. The van der Waals surface area contributed by atoms with Gasteiger partial charge in [0.15, 0.2) is 6.73 Å². The third kappa shape index (κ3) is 4.46. The van der Waals surface area contributed by atoms with E-state index in [1.165, 1.54) is 22.5 Å². The monoisotopic (exact) mass is 404 g/mol. The van der Waals surface area contributed by atoms with Crippen molar-refractivity contribution in [3.8, 4) is 5.75 Å². The topological polar surface area (TPSA) is 117 Å². The van der Waals surface area contributed by atoms with Gasteiger partial charge in [0.1, 0.15) is 23.7 Å². The SMILES string of the molecule is Cc1nn(CC(=O)Nc2cnn(COc3cccc(Cl)c3)c2)c(C)c1[N+](=O)[O-]. The van der Waals surface area contributed by atoms with E-state index < -0.39 is 4.92 Å². The molecule has 0 unspecified atom stereocenters. The number of aryl methyl sites for hydroxylation is 1. The second-order valence-electron chi connectivity index (χ2n) is 5.98. The maximum atomic E-state index is 12.2. The summed E-state index contributed by atoms with van der Waals surface area (Å²) < 4.78 is 8.37. The van der Waals surface area contributed by atoms with Gasteiger partial charge in [0.2, 0.25) is 5.91 Å². The van der Waals surface area contributed by atoms with E-state index in [2.05, 4.69) is 15.5 Å². The number of hydrogen-bond donors (Lipinski definition) is 1. The summed E-state index contributed by atoms with van der Waals surface area (Å²) in [6, 6.07) is 6.97. The summed E-state index contributed by atoms with van der Waals surface area (Å²) in [6.45, 7) is 3.07. The van der Waals surface area contributed by atoms with Gasteiger partial charge in [-0.15, -0.1) is 0 Å². The third-order valence-electron chi connectivity index (χ3n) is 3.90. The smallest absolute Gasteiger partial charge is 0.312 e. The fourth-order valence-electron chi connectivity index (χ4n) is 2.64. The minimum absolute atomic E-state index is 0.0845. The standard InChI is InChI=1S/C17H17ClN6O4/c1-11-17(24(26)27)12(2)23(21-11)9-16(25)20-14-7-19-22(8-14)10-28-15-5-3-4-13(18)6-15/h3-8H,9-10H2,1-2H3,(H,20,25). The Balaban J connectivity index is 1.58. The molecule has 0 aliphatic heterocycles. The highest BCUT2D eigenvalue weighted by molar-refractivity contribution is 6.30. The van der Waals surface area contributed by atoms with Crippen LogP contribution in [0, 0.1) is 24.0 Å². The van der Waals surface area contributed by atoms with Crippen LogP contribution in [0.1, 0.15) is 11.4 Å². The van der Waals surface area contributed by atoms with Crippen LogP contribution >= 0.6 is 11.6 Å². The molecule has 0 saturated carbocycles. The summed E-state index contributed by atoms with van der Waals surface area (Å²) in [5, 5.41) is 22.4. The van der Waals surface area contributed by atoms with Gasteiger partial charge in [0, 0.05) is 5.02 Å². The maximum Gasteiger partial charge on any atom is 0.312 e. The van der Waals surface area contributed by atoms with Gasteiger partial charge in [0.05, 0.1) is 23.0 Å². The molecule has 11 heteroatoms. The predicted octanol–water partition coefficient (Wildman–Crippen LogP) is 2.93. The number of amides is 1. The molecule has 1 amide bonds. The van der Waals surface area contributed by atoms with E-state index in [0.29, 0.717) is 22.2 Å². The quantitative estimate of drug-likeness (QED) is 0.478. The number of halogens is 1. The minimum Gasteiger partial charge on any atom is -0.471 e. The number of nitrogens with one attached hydrogen (secondary N) is 1. The number of nitrogens with zero attached hydrogens (tertiary/aromatic N) is 5. The Morgan fingerprint density at radius 2 is 2.18 bits per heavy atom. The van der Waals surface area contributed by atoms with E-state index in [4.69, 9.17) is 16.3 Å². The number of nitro groups is 1. The van der Waals surface area contributed by atoms with Gasteiger partial charge < -0.3 is 10.1 Å². The lowest BCUT2D eigenvalue weighted by Crippen LogP contribution is -2.20. The summed E-state index contributed by atoms with van der Waals surface area (Å²) in [7, 11) is 0. The Hall–Kier alpha value is -3.40. The first-order chi connectivity index (χ1) is 13.3. The van der Waals surface area contributed by atoms with Crippen LogP contribution in [0.3, 0.4) is 0 Å². The molecule has 146 valence electrons. The first-order valence-electron chi connectivity index (χ1n) is 8.22. The number of hydrogen-bond acceptors (Lipinski definition) is 6. The van der Waals surface area contributed by atoms with E-state index in [0.717, 1.165) is 0 Å².